The van der Waals surface area contributed by atoms with E-state index < -0.39 is 25.9 Å². The highest BCUT2D eigenvalue weighted by Crippen LogP contribution is 2.32. The smallest absolute Gasteiger partial charge is 0.214 e. The van der Waals surface area contributed by atoms with E-state index in [1.807, 2.05) is 36.4 Å². The van der Waals surface area contributed by atoms with Crippen LogP contribution in [0.15, 0.2) is 61.1 Å². The normalized spacial score (nSPS) is 16.8. The molecule has 0 fully saturated rings. The number of anilines is 1. The van der Waals surface area contributed by atoms with Crippen LogP contribution < -0.4 is 4.90 Å². The fourth-order valence-corrected chi connectivity index (χ4v) is 7.08. The zero-order valence-corrected chi connectivity index (χ0v) is 21.7. The molecule has 0 radical (unpaired) electrons. The van der Waals surface area contributed by atoms with Gasteiger partial charge in [0.05, 0.1) is 41.7 Å². The summed E-state index contributed by atoms with van der Waals surface area (Å²) in [5.74, 6) is -0.455. The Kier molecular flexibility index (Phi) is 7.78. The van der Waals surface area contributed by atoms with E-state index in [1.165, 1.54) is 4.31 Å². The third kappa shape index (κ3) is 6.51. The second-order valence-corrected chi connectivity index (χ2v) is 13.4. The van der Waals surface area contributed by atoms with Gasteiger partial charge in [0.2, 0.25) is 10.0 Å². The molecule has 1 aliphatic rings. The molecule has 4 rings (SSSR count). The number of hydrogen-bond donors (Lipinski definition) is 1. The lowest BCUT2D eigenvalue weighted by atomic mass is 10.1. The summed E-state index contributed by atoms with van der Waals surface area (Å²) in [7, 11) is -7.09. The first-order valence-corrected chi connectivity index (χ1v) is 15.3. The predicted octanol–water partition coefficient (Wildman–Crippen LogP) is 2.48. The summed E-state index contributed by atoms with van der Waals surface area (Å²) in [4.78, 5) is 9.34. The molecule has 2 aromatic carbocycles. The van der Waals surface area contributed by atoms with Gasteiger partial charge in [0.15, 0.2) is 0 Å². The molecule has 3 aromatic rings. The molecule has 190 valence electrons. The minimum absolute atomic E-state index is 0.0265. The summed E-state index contributed by atoms with van der Waals surface area (Å²) in [6, 6.07) is 16.8. The van der Waals surface area contributed by atoms with Crippen LogP contribution in [0.2, 0.25) is 0 Å². The van der Waals surface area contributed by atoms with Gasteiger partial charge in [0, 0.05) is 37.3 Å². The van der Waals surface area contributed by atoms with Gasteiger partial charge < -0.3 is 9.88 Å². The summed E-state index contributed by atoms with van der Waals surface area (Å²) >= 11 is 0. The Hall–Kier alpha value is -3.20. The molecule has 0 amide bonds. The molecule has 11 heteroatoms. The first kappa shape index (κ1) is 25.9. The van der Waals surface area contributed by atoms with Crippen LogP contribution in [-0.4, -0.2) is 61.5 Å². The summed E-state index contributed by atoms with van der Waals surface area (Å²) < 4.78 is 52.0. The van der Waals surface area contributed by atoms with Gasteiger partial charge >= 0.3 is 0 Å². The van der Waals surface area contributed by atoms with Crippen LogP contribution in [0.25, 0.3) is 0 Å². The van der Waals surface area contributed by atoms with E-state index >= 15 is 0 Å². The van der Waals surface area contributed by atoms with Crippen molar-refractivity contribution in [2.45, 2.75) is 32.0 Å². The quantitative estimate of drug-likeness (QED) is 0.453. The second-order valence-electron chi connectivity index (χ2n) is 9.10. The first-order chi connectivity index (χ1) is 17.1. The number of nitrogens with one attached hydrogen (secondary N) is 1. The maximum Gasteiger partial charge on any atom is 0.214 e. The maximum atomic E-state index is 13.6. The van der Waals surface area contributed by atoms with Crippen molar-refractivity contribution >= 4 is 25.5 Å². The van der Waals surface area contributed by atoms with E-state index in [4.69, 9.17) is 0 Å². The minimum atomic E-state index is -3.81. The lowest BCUT2D eigenvalue weighted by molar-refractivity contribution is 0.318. The minimum Gasteiger partial charge on any atom is -0.364 e. The molecule has 1 atom stereocenters. The Morgan fingerprint density at radius 3 is 2.56 bits per heavy atom. The van der Waals surface area contributed by atoms with E-state index in [0.29, 0.717) is 25.1 Å². The van der Waals surface area contributed by atoms with Crippen molar-refractivity contribution in [3.05, 3.63) is 83.4 Å². The number of sulfone groups is 1. The van der Waals surface area contributed by atoms with Crippen LogP contribution >= 0.6 is 0 Å². The van der Waals surface area contributed by atoms with Gasteiger partial charge in [-0.1, -0.05) is 30.3 Å². The van der Waals surface area contributed by atoms with E-state index in [9.17, 15) is 22.1 Å². The Morgan fingerprint density at radius 2 is 1.89 bits per heavy atom. The summed E-state index contributed by atoms with van der Waals surface area (Å²) in [6.07, 6.45) is 4.97. The number of rotatable bonds is 9. The molecule has 36 heavy (non-hydrogen) atoms. The number of aromatic nitrogens is 2. The monoisotopic (exact) mass is 527 g/mol. The highest BCUT2D eigenvalue weighted by molar-refractivity contribution is 7.91. The molecule has 9 nitrogen and oxygen atoms in total. The third-order valence-corrected chi connectivity index (χ3v) is 9.20. The number of benzene rings is 2. The largest absolute Gasteiger partial charge is 0.364 e. The number of nitriles is 1. The average Bonchev–Trinajstić information content (AvgIpc) is 3.29. The van der Waals surface area contributed by atoms with E-state index in [1.54, 1.807) is 24.7 Å². The molecule has 0 spiro atoms. The maximum absolute atomic E-state index is 13.6. The van der Waals surface area contributed by atoms with Gasteiger partial charge in [-0.2, -0.15) is 9.57 Å². The summed E-state index contributed by atoms with van der Waals surface area (Å²) in [5, 5.41) is 9.48. The Bertz CT molecular complexity index is 1430. The molecule has 1 aliphatic heterocycles. The standard InChI is InChI=1S/C25H29N5O4S2/c1-35(31,32)10-5-11-36(33,34)30-16-22-12-21(14-26)8-9-25(22)29(17-23-15-27-19-28-23)18-24(30)13-20-6-3-2-4-7-20/h2-4,6-9,12,15,19,24H,5,10-11,13,16-18H2,1H3,(H,27,28)/t24-/m1/s1. The van der Waals surface area contributed by atoms with Crippen LogP contribution in [0.3, 0.4) is 0 Å². The van der Waals surface area contributed by atoms with Crippen LogP contribution in [0.1, 0.15) is 28.8 Å². The number of sulfonamides is 1. The SMILES string of the molecule is CS(=O)(=O)CCCS(=O)(=O)N1Cc2cc(C#N)ccc2N(Cc2cnc[nH]2)C[C@H]1Cc1ccccc1. The number of imidazole rings is 1. The molecule has 1 N–H and O–H groups in total. The van der Waals surface area contributed by atoms with Crippen molar-refractivity contribution < 1.29 is 16.8 Å². The van der Waals surface area contributed by atoms with Crippen LogP contribution in [-0.2, 0) is 39.4 Å². The van der Waals surface area contributed by atoms with Gasteiger partial charge in [0.25, 0.3) is 0 Å². The van der Waals surface area contributed by atoms with Gasteiger partial charge in [-0.05, 0) is 42.2 Å². The van der Waals surface area contributed by atoms with Crippen LogP contribution in [0.4, 0.5) is 5.69 Å². The van der Waals surface area contributed by atoms with E-state index in [2.05, 4.69) is 20.9 Å². The molecular formula is C25H29N5O4S2. The van der Waals surface area contributed by atoms with Crippen LogP contribution in [0, 0.1) is 11.3 Å². The first-order valence-electron chi connectivity index (χ1n) is 11.6. The fraction of sp³-hybridized carbons (Fsp3) is 0.360. The molecule has 0 saturated carbocycles. The van der Waals surface area contributed by atoms with Crippen molar-refractivity contribution in [3.8, 4) is 6.07 Å². The highest BCUT2D eigenvalue weighted by Gasteiger charge is 2.35. The molecule has 0 unspecified atom stereocenters. The van der Waals surface area contributed by atoms with Crippen LogP contribution in [0.5, 0.6) is 0 Å². The summed E-state index contributed by atoms with van der Waals surface area (Å²) in [6.45, 7) is 1.01. The zero-order valence-electron chi connectivity index (χ0n) is 20.0. The number of hydrogen-bond acceptors (Lipinski definition) is 7. The highest BCUT2D eigenvalue weighted by atomic mass is 32.2. The Morgan fingerprint density at radius 1 is 1.11 bits per heavy atom. The molecule has 0 aliphatic carbocycles. The van der Waals surface area contributed by atoms with E-state index in [-0.39, 0.29) is 24.5 Å². The number of aromatic amines is 1. The zero-order chi connectivity index (χ0) is 25.8. The van der Waals surface area contributed by atoms with Gasteiger partial charge in [0.1, 0.15) is 9.84 Å². The molecular weight excluding hydrogens is 498 g/mol. The topological polar surface area (TPSA) is 127 Å². The fourth-order valence-electron chi connectivity index (χ4n) is 4.56. The number of H-pyrrole nitrogens is 1. The average molecular weight is 528 g/mol. The van der Waals surface area contributed by atoms with E-state index in [0.717, 1.165) is 28.8 Å². The third-order valence-electron chi connectivity index (χ3n) is 6.22. The van der Waals surface area contributed by atoms with Crippen molar-refractivity contribution in [1.82, 2.24) is 14.3 Å². The van der Waals surface area contributed by atoms with Gasteiger partial charge in [-0.3, -0.25) is 0 Å². The Balaban J connectivity index is 1.74. The number of fused-ring (bicyclic) bond motifs is 1. The summed E-state index contributed by atoms with van der Waals surface area (Å²) in [5.41, 5.74) is 3.93. The predicted molar refractivity (Wildman–Crippen MR) is 138 cm³/mol. The van der Waals surface area contributed by atoms with Crippen molar-refractivity contribution in [1.29, 1.82) is 5.26 Å². The Labute approximate surface area is 212 Å². The van der Waals surface area contributed by atoms with Gasteiger partial charge in [-0.25, -0.2) is 21.8 Å². The van der Waals surface area contributed by atoms with Gasteiger partial charge in [-0.15, -0.1) is 0 Å². The lowest BCUT2D eigenvalue weighted by Crippen LogP contribution is -2.46. The second kappa shape index (κ2) is 10.8. The number of nitrogens with zero attached hydrogens (tertiary/aromatic N) is 4. The molecule has 2 heterocycles. The van der Waals surface area contributed by atoms with Crippen molar-refractivity contribution in [2.75, 3.05) is 29.2 Å². The molecule has 1 aromatic heterocycles. The van der Waals surface area contributed by atoms with Crippen molar-refractivity contribution in [3.63, 3.8) is 0 Å². The molecule has 0 bridgehead atoms. The van der Waals surface area contributed by atoms with Crippen molar-refractivity contribution in [2.24, 2.45) is 0 Å². The lowest BCUT2D eigenvalue weighted by Gasteiger charge is -2.32. The molecule has 0 saturated heterocycles.